The Balaban J connectivity index is 2.22. The quantitative estimate of drug-likeness (QED) is 0.789. The van der Waals surface area contributed by atoms with Crippen molar-refractivity contribution in [3.63, 3.8) is 0 Å². The predicted molar refractivity (Wildman–Crippen MR) is 71.7 cm³/mol. The summed E-state index contributed by atoms with van der Waals surface area (Å²) in [7, 11) is 0. The Bertz CT molecular complexity index is 273. The van der Waals surface area contributed by atoms with E-state index < -0.39 is 0 Å². The smallest absolute Gasteiger partial charge is 0.0434 e. The Kier molecular flexibility index (Phi) is 6.20. The molecule has 1 rings (SSSR count). The maximum atomic E-state index is 8.75. The number of aliphatic hydroxyl groups excluding tert-OH is 1. The van der Waals surface area contributed by atoms with Crippen molar-refractivity contribution in [2.24, 2.45) is 5.92 Å². The van der Waals surface area contributed by atoms with Gasteiger partial charge in [0.25, 0.3) is 0 Å². The van der Waals surface area contributed by atoms with Crippen LogP contribution in [-0.2, 0) is 6.54 Å². The van der Waals surface area contributed by atoms with E-state index in [0.717, 1.165) is 19.5 Å². The number of nitrogens with one attached hydrogen (secondary N) is 1. The molecule has 3 heteroatoms. The highest BCUT2D eigenvalue weighted by Crippen LogP contribution is 2.06. The van der Waals surface area contributed by atoms with Crippen molar-refractivity contribution >= 4 is 22.6 Å². The number of rotatable bonds is 6. The molecule has 2 nitrogen and oxygen atoms in total. The Morgan fingerprint density at radius 2 is 2.00 bits per heavy atom. The van der Waals surface area contributed by atoms with E-state index in [0.29, 0.717) is 5.92 Å². The Hall–Kier alpha value is -0.130. The van der Waals surface area contributed by atoms with Gasteiger partial charge in [0, 0.05) is 16.7 Å². The molecule has 1 aromatic rings. The van der Waals surface area contributed by atoms with Gasteiger partial charge in [0.15, 0.2) is 0 Å². The molecule has 0 aromatic heterocycles. The van der Waals surface area contributed by atoms with Crippen molar-refractivity contribution in [3.05, 3.63) is 33.4 Å². The molecule has 15 heavy (non-hydrogen) atoms. The third kappa shape index (κ3) is 5.49. The molecule has 0 saturated carbocycles. The van der Waals surface area contributed by atoms with Crippen molar-refractivity contribution in [2.75, 3.05) is 13.2 Å². The Labute approximate surface area is 105 Å². The Morgan fingerprint density at radius 3 is 2.60 bits per heavy atom. The average Bonchev–Trinajstić information content (AvgIpc) is 2.21. The minimum Gasteiger partial charge on any atom is -0.396 e. The summed E-state index contributed by atoms with van der Waals surface area (Å²) in [6, 6.07) is 8.53. The molecule has 0 aliphatic carbocycles. The molecule has 1 aromatic carbocycles. The van der Waals surface area contributed by atoms with Crippen LogP contribution in [-0.4, -0.2) is 18.3 Å². The average molecular weight is 319 g/mol. The summed E-state index contributed by atoms with van der Waals surface area (Å²) in [5.41, 5.74) is 1.31. The van der Waals surface area contributed by atoms with Crippen LogP contribution in [0.3, 0.4) is 0 Å². The van der Waals surface area contributed by atoms with Crippen LogP contribution in [0.15, 0.2) is 24.3 Å². The summed E-state index contributed by atoms with van der Waals surface area (Å²) in [6.07, 6.45) is 0.875. The van der Waals surface area contributed by atoms with E-state index >= 15 is 0 Å². The second-order valence-electron chi connectivity index (χ2n) is 3.87. The highest BCUT2D eigenvalue weighted by molar-refractivity contribution is 14.1. The van der Waals surface area contributed by atoms with Crippen LogP contribution in [0.25, 0.3) is 0 Å². The lowest BCUT2D eigenvalue weighted by Crippen LogP contribution is -2.21. The number of benzene rings is 1. The van der Waals surface area contributed by atoms with Gasteiger partial charge in [-0.1, -0.05) is 19.1 Å². The second kappa shape index (κ2) is 7.19. The topological polar surface area (TPSA) is 32.3 Å². The predicted octanol–water partition coefficient (Wildman–Crippen LogP) is 2.40. The first-order valence-corrected chi connectivity index (χ1v) is 6.36. The van der Waals surface area contributed by atoms with Gasteiger partial charge in [-0.2, -0.15) is 0 Å². The van der Waals surface area contributed by atoms with Gasteiger partial charge in [-0.15, -0.1) is 0 Å². The highest BCUT2D eigenvalue weighted by atomic mass is 127. The van der Waals surface area contributed by atoms with Crippen LogP contribution in [0.2, 0.25) is 0 Å². The molecule has 0 radical (unpaired) electrons. The second-order valence-corrected chi connectivity index (χ2v) is 5.12. The maximum absolute atomic E-state index is 8.75. The normalized spacial score (nSPS) is 12.7. The minimum absolute atomic E-state index is 0.284. The summed E-state index contributed by atoms with van der Waals surface area (Å²) in [5, 5.41) is 12.1. The van der Waals surface area contributed by atoms with Crippen LogP contribution >= 0.6 is 22.6 Å². The molecule has 0 saturated heterocycles. The fraction of sp³-hybridized carbons (Fsp3) is 0.500. The molecule has 0 heterocycles. The van der Waals surface area contributed by atoms with Gasteiger partial charge >= 0.3 is 0 Å². The van der Waals surface area contributed by atoms with E-state index in [1.807, 2.05) is 0 Å². The first kappa shape index (κ1) is 12.9. The summed E-state index contributed by atoms with van der Waals surface area (Å²) < 4.78 is 1.27. The summed E-state index contributed by atoms with van der Waals surface area (Å²) in [4.78, 5) is 0. The van der Waals surface area contributed by atoms with Gasteiger partial charge in [-0.3, -0.25) is 0 Å². The zero-order valence-electron chi connectivity index (χ0n) is 9.04. The van der Waals surface area contributed by atoms with Gasteiger partial charge in [0.2, 0.25) is 0 Å². The van der Waals surface area contributed by atoms with E-state index in [1.54, 1.807) is 0 Å². The number of aliphatic hydroxyl groups is 1. The minimum atomic E-state index is 0.284. The third-order valence-electron chi connectivity index (χ3n) is 2.36. The fourth-order valence-corrected chi connectivity index (χ4v) is 1.75. The molecule has 0 bridgehead atoms. The van der Waals surface area contributed by atoms with Crippen molar-refractivity contribution in [2.45, 2.75) is 19.9 Å². The van der Waals surface area contributed by atoms with Crippen LogP contribution in [0.5, 0.6) is 0 Å². The number of hydrogen-bond acceptors (Lipinski definition) is 2. The first-order valence-electron chi connectivity index (χ1n) is 5.28. The lowest BCUT2D eigenvalue weighted by atomic mass is 10.1. The SMILES string of the molecule is CC(CCO)CNCc1ccc(I)cc1. The van der Waals surface area contributed by atoms with Crippen molar-refractivity contribution in [1.82, 2.24) is 5.32 Å². The van der Waals surface area contributed by atoms with E-state index in [1.165, 1.54) is 9.13 Å². The van der Waals surface area contributed by atoms with E-state index in [-0.39, 0.29) is 6.61 Å². The molecule has 1 atom stereocenters. The molecule has 84 valence electrons. The van der Waals surface area contributed by atoms with E-state index in [4.69, 9.17) is 5.11 Å². The zero-order valence-corrected chi connectivity index (χ0v) is 11.2. The van der Waals surface area contributed by atoms with Crippen molar-refractivity contribution in [3.8, 4) is 0 Å². The molecular weight excluding hydrogens is 301 g/mol. The fourth-order valence-electron chi connectivity index (χ4n) is 1.39. The zero-order chi connectivity index (χ0) is 11.1. The van der Waals surface area contributed by atoms with E-state index in [9.17, 15) is 0 Å². The molecule has 2 N–H and O–H groups in total. The lowest BCUT2D eigenvalue weighted by molar-refractivity contribution is 0.260. The summed E-state index contributed by atoms with van der Waals surface area (Å²) in [5.74, 6) is 0.541. The summed E-state index contributed by atoms with van der Waals surface area (Å²) >= 11 is 2.31. The molecular formula is C12H18INO. The van der Waals surface area contributed by atoms with Crippen LogP contribution in [0.1, 0.15) is 18.9 Å². The van der Waals surface area contributed by atoms with Gasteiger partial charge in [0.1, 0.15) is 0 Å². The molecule has 0 aliphatic rings. The Morgan fingerprint density at radius 1 is 1.33 bits per heavy atom. The van der Waals surface area contributed by atoms with Gasteiger partial charge in [0.05, 0.1) is 0 Å². The number of hydrogen-bond donors (Lipinski definition) is 2. The van der Waals surface area contributed by atoms with Gasteiger partial charge < -0.3 is 10.4 Å². The number of halogens is 1. The molecule has 1 unspecified atom stereocenters. The van der Waals surface area contributed by atoms with Crippen LogP contribution < -0.4 is 5.32 Å². The molecule has 0 spiro atoms. The molecule has 0 fully saturated rings. The largest absolute Gasteiger partial charge is 0.396 e. The van der Waals surface area contributed by atoms with Crippen molar-refractivity contribution in [1.29, 1.82) is 0 Å². The molecule has 0 aliphatic heterocycles. The van der Waals surface area contributed by atoms with Gasteiger partial charge in [-0.05, 0) is 59.2 Å². The maximum Gasteiger partial charge on any atom is 0.0434 e. The third-order valence-corrected chi connectivity index (χ3v) is 3.08. The van der Waals surface area contributed by atoms with Crippen LogP contribution in [0.4, 0.5) is 0 Å². The summed E-state index contributed by atoms with van der Waals surface area (Å²) in [6.45, 7) is 4.31. The first-order chi connectivity index (χ1) is 7.22. The van der Waals surface area contributed by atoms with E-state index in [2.05, 4.69) is 59.1 Å². The standard InChI is InChI=1S/C12H18INO/c1-10(6-7-15)8-14-9-11-2-4-12(13)5-3-11/h2-5,10,14-15H,6-9H2,1H3. The highest BCUT2D eigenvalue weighted by Gasteiger charge is 2.00. The monoisotopic (exact) mass is 319 g/mol. The van der Waals surface area contributed by atoms with Gasteiger partial charge in [-0.25, -0.2) is 0 Å². The lowest BCUT2D eigenvalue weighted by Gasteiger charge is -2.10. The van der Waals surface area contributed by atoms with Crippen LogP contribution in [0, 0.1) is 9.49 Å². The molecule has 0 amide bonds. The van der Waals surface area contributed by atoms with Crippen molar-refractivity contribution < 1.29 is 5.11 Å².